The van der Waals surface area contributed by atoms with Crippen LogP contribution in [0.1, 0.15) is 11.1 Å². The van der Waals surface area contributed by atoms with E-state index in [1.807, 2.05) is 18.2 Å². The summed E-state index contributed by atoms with van der Waals surface area (Å²) >= 11 is 6.11. The highest BCUT2D eigenvalue weighted by atomic mass is 35.5. The van der Waals surface area contributed by atoms with E-state index in [1.54, 1.807) is 6.07 Å². The van der Waals surface area contributed by atoms with Gasteiger partial charge in [-0.3, -0.25) is 5.41 Å². The summed E-state index contributed by atoms with van der Waals surface area (Å²) in [7, 11) is 0. The third kappa shape index (κ3) is 2.71. The molecular weight excluding hydrogens is 294 g/mol. The van der Waals surface area contributed by atoms with Gasteiger partial charge in [-0.25, -0.2) is 4.98 Å². The number of hydrogen-bond donors (Lipinski definition) is 2. The molecule has 0 amide bonds. The van der Waals surface area contributed by atoms with Crippen molar-refractivity contribution in [3.05, 3.63) is 46.6 Å². The maximum absolute atomic E-state index is 7.43. The van der Waals surface area contributed by atoms with Gasteiger partial charge in [-0.05, 0) is 23.8 Å². The highest BCUT2D eigenvalue weighted by molar-refractivity contribution is 6.35. The zero-order valence-electron chi connectivity index (χ0n) is 10.9. The second kappa shape index (κ2) is 5.49. The number of nitrogens with one attached hydrogen (secondary N) is 1. The predicted octanol–water partition coefficient (Wildman–Crippen LogP) is 2.33. The summed E-state index contributed by atoms with van der Waals surface area (Å²) in [6.45, 7) is 0.498. The molecule has 0 saturated carbocycles. The molecule has 2 aromatic rings. The highest BCUT2D eigenvalue weighted by Gasteiger charge is 2.14. The molecule has 0 unspecified atom stereocenters. The molecule has 3 rings (SSSR count). The number of aromatic nitrogens is 1. The van der Waals surface area contributed by atoms with E-state index in [0.717, 1.165) is 5.56 Å². The summed E-state index contributed by atoms with van der Waals surface area (Å²) in [6.07, 6.45) is 1.50. The first-order valence-corrected chi connectivity index (χ1v) is 6.53. The number of nitrogens with zero attached hydrogens (tertiary/aromatic N) is 1. The van der Waals surface area contributed by atoms with Gasteiger partial charge in [0.15, 0.2) is 11.5 Å². The zero-order chi connectivity index (χ0) is 14.8. The molecule has 0 atom stereocenters. The molecule has 6 nitrogen and oxygen atoms in total. The quantitative estimate of drug-likeness (QED) is 0.668. The van der Waals surface area contributed by atoms with Gasteiger partial charge in [0, 0.05) is 11.8 Å². The van der Waals surface area contributed by atoms with E-state index in [1.165, 1.54) is 6.20 Å². The third-order valence-electron chi connectivity index (χ3n) is 2.96. The van der Waals surface area contributed by atoms with Crippen molar-refractivity contribution in [3.63, 3.8) is 0 Å². The second-order valence-electron chi connectivity index (χ2n) is 4.37. The Kier molecular flexibility index (Phi) is 3.53. The smallest absolute Gasteiger partial charge is 0.233 e. The fourth-order valence-corrected chi connectivity index (χ4v) is 2.18. The fourth-order valence-electron chi connectivity index (χ4n) is 1.92. The van der Waals surface area contributed by atoms with Crippen molar-refractivity contribution in [2.45, 2.75) is 6.61 Å². The Hall–Kier alpha value is -2.47. The summed E-state index contributed by atoms with van der Waals surface area (Å²) in [4.78, 5) is 4.05. The number of benzene rings is 1. The fraction of sp³-hybridized carbons (Fsp3) is 0.143. The van der Waals surface area contributed by atoms with Gasteiger partial charge in [-0.1, -0.05) is 17.7 Å². The first kappa shape index (κ1) is 13.5. The highest BCUT2D eigenvalue weighted by Crippen LogP contribution is 2.33. The summed E-state index contributed by atoms with van der Waals surface area (Å²) in [5.74, 6) is 1.51. The minimum Gasteiger partial charge on any atom is -0.472 e. The number of hydrogen-bond acceptors (Lipinski definition) is 5. The summed E-state index contributed by atoms with van der Waals surface area (Å²) in [5, 5.41) is 7.66. The number of nitrogens with two attached hydrogens (primary N) is 1. The molecule has 0 spiro atoms. The Labute approximate surface area is 125 Å². The van der Waals surface area contributed by atoms with E-state index in [4.69, 9.17) is 37.0 Å². The minimum absolute atomic E-state index is 0.129. The van der Waals surface area contributed by atoms with E-state index >= 15 is 0 Å². The van der Waals surface area contributed by atoms with Gasteiger partial charge < -0.3 is 19.9 Å². The lowest BCUT2D eigenvalue weighted by Crippen LogP contribution is -2.12. The van der Waals surface area contributed by atoms with Crippen molar-refractivity contribution in [2.75, 3.05) is 6.79 Å². The number of rotatable bonds is 4. The lowest BCUT2D eigenvalue weighted by atomic mass is 10.2. The van der Waals surface area contributed by atoms with E-state index in [2.05, 4.69) is 4.98 Å². The van der Waals surface area contributed by atoms with Crippen LogP contribution in [-0.4, -0.2) is 17.6 Å². The van der Waals surface area contributed by atoms with Crippen molar-refractivity contribution in [3.8, 4) is 17.4 Å². The maximum atomic E-state index is 7.43. The monoisotopic (exact) mass is 305 g/mol. The van der Waals surface area contributed by atoms with Crippen LogP contribution < -0.4 is 19.9 Å². The molecule has 1 aliphatic rings. The lowest BCUT2D eigenvalue weighted by molar-refractivity contribution is 0.174. The normalized spacial score (nSPS) is 12.2. The van der Waals surface area contributed by atoms with Gasteiger partial charge in [0.1, 0.15) is 17.5 Å². The minimum atomic E-state index is -0.129. The summed E-state index contributed by atoms with van der Waals surface area (Å²) < 4.78 is 16.1. The lowest BCUT2D eigenvalue weighted by Gasteiger charge is -2.09. The van der Waals surface area contributed by atoms with Crippen molar-refractivity contribution in [1.29, 1.82) is 5.41 Å². The standard InChI is InChI=1S/C14H12ClN3O3/c15-12-9(13(16)17)3-4-18-14(12)19-6-8-1-2-10-11(5-8)21-7-20-10/h1-5H,6-7H2,(H3,16,17). The molecule has 1 aromatic heterocycles. The third-order valence-corrected chi connectivity index (χ3v) is 3.33. The molecule has 0 saturated heterocycles. The van der Waals surface area contributed by atoms with Gasteiger partial charge in [0.25, 0.3) is 0 Å². The van der Waals surface area contributed by atoms with Crippen LogP contribution in [0.3, 0.4) is 0 Å². The summed E-state index contributed by atoms with van der Waals surface area (Å²) in [6, 6.07) is 7.10. The number of fused-ring (bicyclic) bond motifs is 1. The molecule has 1 aromatic carbocycles. The molecule has 7 heteroatoms. The van der Waals surface area contributed by atoms with Crippen LogP contribution in [0.15, 0.2) is 30.5 Å². The first-order valence-electron chi connectivity index (χ1n) is 6.15. The maximum Gasteiger partial charge on any atom is 0.233 e. The van der Waals surface area contributed by atoms with E-state index in [9.17, 15) is 0 Å². The molecule has 0 fully saturated rings. The van der Waals surface area contributed by atoms with Crippen LogP contribution >= 0.6 is 11.6 Å². The Bertz CT molecular complexity index is 706. The Balaban J connectivity index is 1.76. The molecule has 0 radical (unpaired) electrons. The van der Waals surface area contributed by atoms with Gasteiger partial charge in [0.2, 0.25) is 12.7 Å². The number of ether oxygens (including phenoxy) is 3. The number of halogens is 1. The Morgan fingerprint density at radius 1 is 1.33 bits per heavy atom. The van der Waals surface area contributed by atoms with Crippen LogP contribution in [0.25, 0.3) is 0 Å². The molecule has 108 valence electrons. The van der Waals surface area contributed by atoms with Gasteiger partial charge in [0.05, 0.1) is 0 Å². The van der Waals surface area contributed by atoms with Crippen LogP contribution in [0.2, 0.25) is 5.02 Å². The Morgan fingerprint density at radius 2 is 2.14 bits per heavy atom. The Morgan fingerprint density at radius 3 is 2.95 bits per heavy atom. The molecule has 0 bridgehead atoms. The van der Waals surface area contributed by atoms with Crippen molar-refractivity contribution < 1.29 is 14.2 Å². The number of amidine groups is 1. The predicted molar refractivity (Wildman–Crippen MR) is 77.2 cm³/mol. The van der Waals surface area contributed by atoms with Crippen LogP contribution in [0, 0.1) is 5.41 Å². The molecule has 3 N–H and O–H groups in total. The van der Waals surface area contributed by atoms with Gasteiger partial charge in [-0.2, -0.15) is 0 Å². The molecule has 1 aliphatic heterocycles. The largest absolute Gasteiger partial charge is 0.472 e. The topological polar surface area (TPSA) is 90.5 Å². The van der Waals surface area contributed by atoms with E-state index in [0.29, 0.717) is 17.1 Å². The number of pyridine rings is 1. The second-order valence-corrected chi connectivity index (χ2v) is 4.75. The van der Waals surface area contributed by atoms with Crippen LogP contribution in [0.5, 0.6) is 17.4 Å². The summed E-state index contributed by atoms with van der Waals surface area (Å²) in [5.41, 5.74) is 6.73. The van der Waals surface area contributed by atoms with Crippen molar-refractivity contribution in [2.24, 2.45) is 5.73 Å². The van der Waals surface area contributed by atoms with Crippen molar-refractivity contribution >= 4 is 17.4 Å². The van der Waals surface area contributed by atoms with Crippen molar-refractivity contribution in [1.82, 2.24) is 4.98 Å². The molecule has 21 heavy (non-hydrogen) atoms. The van der Waals surface area contributed by atoms with Crippen LogP contribution in [0.4, 0.5) is 0 Å². The van der Waals surface area contributed by atoms with E-state index in [-0.39, 0.29) is 30.1 Å². The zero-order valence-corrected chi connectivity index (χ0v) is 11.7. The van der Waals surface area contributed by atoms with Gasteiger partial charge in [-0.15, -0.1) is 0 Å². The average molecular weight is 306 g/mol. The molecule has 0 aliphatic carbocycles. The van der Waals surface area contributed by atoms with E-state index < -0.39 is 0 Å². The average Bonchev–Trinajstić information content (AvgIpc) is 2.93. The molecule has 2 heterocycles. The first-order chi connectivity index (χ1) is 10.1. The SMILES string of the molecule is N=C(N)c1ccnc(OCc2ccc3c(c2)OCO3)c1Cl. The van der Waals surface area contributed by atoms with Gasteiger partial charge >= 0.3 is 0 Å². The molecular formula is C14H12ClN3O3. The number of nitrogen functional groups attached to an aromatic ring is 1. The van der Waals surface area contributed by atoms with Crippen LogP contribution in [-0.2, 0) is 6.61 Å².